The van der Waals surface area contributed by atoms with Gasteiger partial charge in [0, 0.05) is 28.6 Å². The molecule has 0 unspecified atom stereocenters. The number of hydrogen-bond acceptors (Lipinski definition) is 7. The number of aryl methyl sites for hydroxylation is 1. The number of benzene rings is 2. The SMILES string of the molecule is COc1ccc(-c2nsc(C)c2C(=O)/N=C(/NCc2cc(Cl)cc(CN)c2)NC(=O)OC(C)(C)C)cc1. The molecule has 1 heterocycles. The molecular weight excluding hydrogens is 514 g/mol. The minimum Gasteiger partial charge on any atom is -0.497 e. The van der Waals surface area contributed by atoms with Gasteiger partial charge in [-0.3, -0.25) is 10.1 Å². The summed E-state index contributed by atoms with van der Waals surface area (Å²) >= 11 is 7.39. The van der Waals surface area contributed by atoms with Crippen molar-refractivity contribution in [1.29, 1.82) is 0 Å². The van der Waals surface area contributed by atoms with Gasteiger partial charge in [0.2, 0.25) is 5.96 Å². The van der Waals surface area contributed by atoms with Crippen molar-refractivity contribution in [3.05, 3.63) is 69.1 Å². The van der Waals surface area contributed by atoms with Gasteiger partial charge in [-0.25, -0.2) is 4.79 Å². The van der Waals surface area contributed by atoms with Crippen molar-refractivity contribution in [2.75, 3.05) is 7.11 Å². The number of nitrogens with zero attached hydrogens (tertiary/aromatic N) is 2. The number of hydrogen-bond donors (Lipinski definition) is 3. The summed E-state index contributed by atoms with van der Waals surface area (Å²) in [6, 6.07) is 12.6. The summed E-state index contributed by atoms with van der Waals surface area (Å²) < 4.78 is 15.0. The minimum absolute atomic E-state index is 0.0696. The molecule has 2 aromatic carbocycles. The molecule has 0 atom stereocenters. The average molecular weight is 544 g/mol. The lowest BCUT2D eigenvalue weighted by atomic mass is 10.1. The van der Waals surface area contributed by atoms with Gasteiger partial charge in [-0.1, -0.05) is 17.7 Å². The standard InChI is InChI=1S/C26H30ClN5O4S/c1-15-21(22(32-37-15)18-6-8-20(35-5)9-7-18)23(33)30-24(31-25(34)36-26(2,3)4)29-14-17-10-16(13-28)11-19(27)12-17/h6-12H,13-14,28H2,1-5H3,(H2,29,30,31,33,34). The van der Waals surface area contributed by atoms with Crippen molar-refractivity contribution in [1.82, 2.24) is 15.0 Å². The molecule has 0 fully saturated rings. The van der Waals surface area contributed by atoms with Crippen LogP contribution in [-0.4, -0.2) is 35.0 Å². The number of aromatic nitrogens is 1. The Morgan fingerprint density at radius 2 is 1.81 bits per heavy atom. The molecule has 0 aliphatic heterocycles. The van der Waals surface area contributed by atoms with Crippen molar-refractivity contribution >= 4 is 41.1 Å². The summed E-state index contributed by atoms with van der Waals surface area (Å²) in [6.07, 6.45) is -0.754. The number of nitrogens with two attached hydrogens (primary N) is 1. The van der Waals surface area contributed by atoms with Crippen LogP contribution in [0.15, 0.2) is 47.5 Å². The van der Waals surface area contributed by atoms with Crippen LogP contribution in [0, 0.1) is 6.92 Å². The molecule has 0 saturated heterocycles. The Morgan fingerprint density at radius 1 is 1.14 bits per heavy atom. The molecule has 2 amide bonds. The number of guanidine groups is 1. The molecule has 0 spiro atoms. The first-order chi connectivity index (χ1) is 17.5. The smallest absolute Gasteiger partial charge is 0.414 e. The highest BCUT2D eigenvalue weighted by atomic mass is 35.5. The molecular formula is C26H30ClN5O4S. The van der Waals surface area contributed by atoms with Crippen molar-refractivity contribution < 1.29 is 19.1 Å². The van der Waals surface area contributed by atoms with E-state index in [2.05, 4.69) is 20.0 Å². The number of nitrogens with one attached hydrogen (secondary N) is 2. The molecule has 0 bridgehead atoms. The van der Waals surface area contributed by atoms with Crippen LogP contribution < -0.4 is 21.1 Å². The number of carbonyl (C=O) groups excluding carboxylic acids is 2. The first-order valence-electron chi connectivity index (χ1n) is 11.4. The van der Waals surface area contributed by atoms with Crippen molar-refractivity contribution in [3.63, 3.8) is 0 Å². The number of rotatable bonds is 6. The van der Waals surface area contributed by atoms with E-state index in [4.69, 9.17) is 26.8 Å². The van der Waals surface area contributed by atoms with Gasteiger partial charge in [0.05, 0.1) is 18.4 Å². The number of carbonyl (C=O) groups is 2. The second-order valence-corrected chi connectivity index (χ2v) is 10.5. The summed E-state index contributed by atoms with van der Waals surface area (Å²) in [5.74, 6) is 0.0534. The maximum atomic E-state index is 13.4. The van der Waals surface area contributed by atoms with Crippen LogP contribution in [0.4, 0.5) is 4.79 Å². The number of halogens is 1. The van der Waals surface area contributed by atoms with E-state index in [-0.39, 0.29) is 12.5 Å². The Hall–Kier alpha value is -3.47. The predicted molar refractivity (Wildman–Crippen MR) is 146 cm³/mol. The van der Waals surface area contributed by atoms with Crippen molar-refractivity contribution in [3.8, 4) is 17.0 Å². The average Bonchev–Trinajstić information content (AvgIpc) is 3.22. The van der Waals surface area contributed by atoms with Crippen LogP contribution >= 0.6 is 23.1 Å². The molecule has 11 heteroatoms. The molecule has 3 aromatic rings. The monoisotopic (exact) mass is 543 g/mol. The third-order valence-electron chi connectivity index (χ3n) is 4.99. The Kier molecular flexibility index (Phi) is 9.25. The summed E-state index contributed by atoms with van der Waals surface area (Å²) in [5.41, 5.74) is 8.24. The van der Waals surface area contributed by atoms with E-state index in [9.17, 15) is 9.59 Å². The van der Waals surface area contributed by atoms with Gasteiger partial charge in [-0.2, -0.15) is 9.37 Å². The first-order valence-corrected chi connectivity index (χ1v) is 12.6. The van der Waals surface area contributed by atoms with E-state index >= 15 is 0 Å². The van der Waals surface area contributed by atoms with Crippen LogP contribution in [0.5, 0.6) is 5.75 Å². The van der Waals surface area contributed by atoms with Gasteiger partial charge in [-0.15, -0.1) is 0 Å². The number of aliphatic imine (C=N–C) groups is 1. The third-order valence-corrected chi connectivity index (χ3v) is 5.96. The van der Waals surface area contributed by atoms with Gasteiger partial charge in [0.15, 0.2) is 0 Å². The number of alkyl carbamates (subject to hydrolysis) is 1. The Labute approximate surface area is 225 Å². The molecule has 3 rings (SSSR count). The second-order valence-electron chi connectivity index (χ2n) is 9.11. The highest BCUT2D eigenvalue weighted by Crippen LogP contribution is 2.30. The van der Waals surface area contributed by atoms with Gasteiger partial charge >= 0.3 is 6.09 Å². The number of methoxy groups -OCH3 is 1. The summed E-state index contributed by atoms with van der Waals surface area (Å²) in [5, 5.41) is 6.07. The van der Waals surface area contributed by atoms with Crippen LogP contribution in [0.25, 0.3) is 11.3 Å². The maximum Gasteiger partial charge on any atom is 0.414 e. The van der Waals surface area contributed by atoms with Gasteiger partial charge in [-0.05, 0) is 86.8 Å². The zero-order chi connectivity index (χ0) is 27.2. The van der Waals surface area contributed by atoms with Crippen LogP contribution in [0.3, 0.4) is 0 Å². The molecule has 196 valence electrons. The fraction of sp³-hybridized carbons (Fsp3) is 0.308. The lowest BCUT2D eigenvalue weighted by Gasteiger charge is -2.20. The summed E-state index contributed by atoms with van der Waals surface area (Å²) in [6.45, 7) is 7.56. The lowest BCUT2D eigenvalue weighted by Crippen LogP contribution is -2.43. The zero-order valence-electron chi connectivity index (χ0n) is 21.3. The molecule has 4 N–H and O–H groups in total. The first kappa shape index (κ1) is 28.1. The molecule has 9 nitrogen and oxygen atoms in total. The van der Waals surface area contributed by atoms with Gasteiger partial charge in [0.1, 0.15) is 11.4 Å². The second kappa shape index (κ2) is 12.2. The normalized spacial score (nSPS) is 11.7. The molecule has 0 saturated carbocycles. The topological polar surface area (TPSA) is 128 Å². The van der Waals surface area contributed by atoms with E-state index < -0.39 is 17.6 Å². The van der Waals surface area contributed by atoms with Crippen molar-refractivity contribution in [2.24, 2.45) is 10.7 Å². The summed E-state index contributed by atoms with van der Waals surface area (Å²) in [4.78, 5) is 30.7. The highest BCUT2D eigenvalue weighted by molar-refractivity contribution is 7.06. The Balaban J connectivity index is 1.92. The zero-order valence-corrected chi connectivity index (χ0v) is 22.9. The van der Waals surface area contributed by atoms with Gasteiger partial charge in [0.25, 0.3) is 5.91 Å². The minimum atomic E-state index is -0.754. The van der Waals surface area contributed by atoms with Crippen LogP contribution in [-0.2, 0) is 17.8 Å². The van der Waals surface area contributed by atoms with Crippen LogP contribution in [0.1, 0.15) is 47.1 Å². The Morgan fingerprint density at radius 3 is 2.43 bits per heavy atom. The molecule has 1 aromatic heterocycles. The fourth-order valence-electron chi connectivity index (χ4n) is 3.36. The molecule has 0 aliphatic rings. The number of amides is 2. The summed E-state index contributed by atoms with van der Waals surface area (Å²) in [7, 11) is 1.58. The Bertz CT molecular complexity index is 1300. The highest BCUT2D eigenvalue weighted by Gasteiger charge is 2.22. The predicted octanol–water partition coefficient (Wildman–Crippen LogP) is 5.05. The number of ether oxygens (including phenoxy) is 2. The largest absolute Gasteiger partial charge is 0.497 e. The van der Waals surface area contributed by atoms with E-state index in [0.29, 0.717) is 33.5 Å². The van der Waals surface area contributed by atoms with E-state index in [1.54, 1.807) is 59.1 Å². The van der Waals surface area contributed by atoms with Crippen LogP contribution in [0.2, 0.25) is 5.02 Å². The fourth-order valence-corrected chi connectivity index (χ4v) is 4.34. The third kappa shape index (κ3) is 8.01. The molecule has 37 heavy (non-hydrogen) atoms. The van der Waals surface area contributed by atoms with Crippen molar-refractivity contribution in [2.45, 2.75) is 46.4 Å². The van der Waals surface area contributed by atoms with E-state index in [1.165, 1.54) is 11.5 Å². The lowest BCUT2D eigenvalue weighted by molar-refractivity contribution is 0.0561. The van der Waals surface area contributed by atoms with E-state index in [0.717, 1.165) is 16.7 Å². The molecule has 0 aliphatic carbocycles. The van der Waals surface area contributed by atoms with Gasteiger partial charge < -0.3 is 20.5 Å². The maximum absolute atomic E-state index is 13.4. The molecule has 0 radical (unpaired) electrons. The quantitative estimate of drug-likeness (QED) is 0.293. The van der Waals surface area contributed by atoms with E-state index in [1.807, 2.05) is 18.2 Å².